The van der Waals surface area contributed by atoms with Crippen molar-refractivity contribution in [3.8, 4) is 11.5 Å². The van der Waals surface area contributed by atoms with Crippen molar-refractivity contribution in [3.63, 3.8) is 0 Å². The molecule has 2 aromatic carbocycles. The number of carbonyl (C=O) groups excluding carboxylic acids is 2. The number of halogens is 1. The molecular weight excluding hydrogens is 376 g/mol. The first-order chi connectivity index (χ1) is 11.6. The Morgan fingerprint density at radius 2 is 1.83 bits per heavy atom. The van der Waals surface area contributed by atoms with Crippen LogP contribution in [0.25, 0.3) is 6.08 Å². The van der Waals surface area contributed by atoms with Crippen LogP contribution in [0.1, 0.15) is 15.9 Å². The number of rotatable bonds is 5. The second-order valence-electron chi connectivity index (χ2n) is 4.98. The van der Waals surface area contributed by atoms with Gasteiger partial charge in [0.25, 0.3) is 0 Å². The summed E-state index contributed by atoms with van der Waals surface area (Å²) in [5.41, 5.74) is 1.26. The number of hydrogen-bond acceptors (Lipinski definition) is 5. The number of ketones is 1. The van der Waals surface area contributed by atoms with Gasteiger partial charge in [-0.3, -0.25) is 4.79 Å². The van der Waals surface area contributed by atoms with E-state index in [0.29, 0.717) is 17.1 Å². The van der Waals surface area contributed by atoms with Crippen molar-refractivity contribution in [2.75, 3.05) is 13.4 Å². The van der Waals surface area contributed by atoms with Crippen LogP contribution >= 0.6 is 15.9 Å². The third kappa shape index (κ3) is 4.02. The van der Waals surface area contributed by atoms with E-state index in [-0.39, 0.29) is 19.2 Å². The van der Waals surface area contributed by atoms with Gasteiger partial charge >= 0.3 is 5.97 Å². The van der Waals surface area contributed by atoms with Crippen molar-refractivity contribution in [2.24, 2.45) is 0 Å². The zero-order valence-electron chi connectivity index (χ0n) is 12.5. The molecule has 0 radical (unpaired) electrons. The van der Waals surface area contributed by atoms with E-state index in [2.05, 4.69) is 15.9 Å². The number of hydrogen-bond donors (Lipinski definition) is 0. The maximum absolute atomic E-state index is 11.9. The molecule has 0 spiro atoms. The van der Waals surface area contributed by atoms with Gasteiger partial charge in [0.1, 0.15) is 0 Å². The lowest BCUT2D eigenvalue weighted by molar-refractivity contribution is -0.136. The van der Waals surface area contributed by atoms with Gasteiger partial charge in [0.2, 0.25) is 6.79 Å². The van der Waals surface area contributed by atoms with E-state index >= 15 is 0 Å². The maximum atomic E-state index is 11.9. The third-order valence-electron chi connectivity index (χ3n) is 3.32. The molecule has 0 amide bonds. The Balaban J connectivity index is 1.53. The molecule has 6 heteroatoms. The highest BCUT2D eigenvalue weighted by Gasteiger charge is 2.12. The summed E-state index contributed by atoms with van der Waals surface area (Å²) < 4.78 is 16.3. The smallest absolute Gasteiger partial charge is 0.331 e. The lowest BCUT2D eigenvalue weighted by Crippen LogP contribution is -2.12. The summed E-state index contributed by atoms with van der Waals surface area (Å²) in [6, 6.07) is 12.2. The van der Waals surface area contributed by atoms with E-state index in [1.807, 2.05) is 0 Å². The predicted molar refractivity (Wildman–Crippen MR) is 91.0 cm³/mol. The molecule has 5 nitrogen and oxygen atoms in total. The Hall–Kier alpha value is -2.60. The van der Waals surface area contributed by atoms with Crippen LogP contribution in [-0.2, 0) is 9.53 Å². The van der Waals surface area contributed by atoms with Gasteiger partial charge in [-0.1, -0.05) is 34.1 Å². The van der Waals surface area contributed by atoms with Crippen molar-refractivity contribution in [1.82, 2.24) is 0 Å². The Bertz CT molecular complexity index is 796. The van der Waals surface area contributed by atoms with E-state index in [1.165, 1.54) is 6.08 Å². The van der Waals surface area contributed by atoms with Crippen LogP contribution in [0.2, 0.25) is 0 Å². The first-order valence-electron chi connectivity index (χ1n) is 7.15. The minimum atomic E-state index is -0.585. The van der Waals surface area contributed by atoms with Crippen molar-refractivity contribution in [2.45, 2.75) is 0 Å². The molecule has 0 saturated heterocycles. The Kier molecular flexibility index (Phi) is 4.96. The van der Waals surface area contributed by atoms with Gasteiger partial charge in [0, 0.05) is 16.1 Å². The highest BCUT2D eigenvalue weighted by Crippen LogP contribution is 2.32. The molecular formula is C18H13BrO5. The number of ether oxygens (including phenoxy) is 3. The van der Waals surface area contributed by atoms with Gasteiger partial charge in [-0.15, -0.1) is 0 Å². The van der Waals surface area contributed by atoms with Crippen molar-refractivity contribution >= 4 is 33.8 Å². The van der Waals surface area contributed by atoms with Crippen LogP contribution in [0.5, 0.6) is 11.5 Å². The van der Waals surface area contributed by atoms with E-state index in [0.717, 1.165) is 10.0 Å². The average molecular weight is 389 g/mol. The van der Waals surface area contributed by atoms with Gasteiger partial charge in [-0.05, 0) is 35.9 Å². The molecule has 0 aromatic heterocycles. The largest absolute Gasteiger partial charge is 0.454 e. The molecule has 122 valence electrons. The highest BCUT2D eigenvalue weighted by molar-refractivity contribution is 9.10. The first kappa shape index (κ1) is 16.3. The summed E-state index contributed by atoms with van der Waals surface area (Å²) in [6.07, 6.45) is 2.86. The Labute approximate surface area is 147 Å². The second-order valence-corrected chi connectivity index (χ2v) is 5.90. The standard InChI is InChI=1S/C18H13BrO5/c19-14-5-3-13(4-6-14)15(20)10-22-18(21)8-2-12-1-7-16-17(9-12)24-11-23-16/h1-9H,10-11H2/b8-2+. The second kappa shape index (κ2) is 7.31. The molecule has 2 aromatic rings. The molecule has 0 fully saturated rings. The summed E-state index contributed by atoms with van der Waals surface area (Å²) in [7, 11) is 0. The summed E-state index contributed by atoms with van der Waals surface area (Å²) in [6.45, 7) is -0.103. The van der Waals surface area contributed by atoms with Crippen LogP contribution < -0.4 is 9.47 Å². The summed E-state index contributed by atoms with van der Waals surface area (Å²) in [4.78, 5) is 23.6. The van der Waals surface area contributed by atoms with E-state index in [1.54, 1.807) is 48.5 Å². The van der Waals surface area contributed by atoms with Gasteiger partial charge in [0.15, 0.2) is 23.9 Å². The number of fused-ring (bicyclic) bond motifs is 1. The minimum Gasteiger partial charge on any atom is -0.454 e. The minimum absolute atomic E-state index is 0.197. The Morgan fingerprint density at radius 1 is 1.08 bits per heavy atom. The zero-order valence-corrected chi connectivity index (χ0v) is 14.1. The molecule has 3 rings (SSSR count). The van der Waals surface area contributed by atoms with Crippen molar-refractivity contribution < 1.29 is 23.8 Å². The number of benzene rings is 2. The summed E-state index contributed by atoms with van der Waals surface area (Å²) in [5, 5.41) is 0. The fourth-order valence-corrected chi connectivity index (χ4v) is 2.35. The molecule has 24 heavy (non-hydrogen) atoms. The summed E-state index contributed by atoms with van der Waals surface area (Å²) in [5.74, 6) is 0.469. The number of esters is 1. The molecule has 0 atom stereocenters. The van der Waals surface area contributed by atoms with Crippen LogP contribution in [0.15, 0.2) is 53.0 Å². The van der Waals surface area contributed by atoms with E-state index < -0.39 is 5.97 Å². The van der Waals surface area contributed by atoms with Crippen molar-refractivity contribution in [1.29, 1.82) is 0 Å². The average Bonchev–Trinajstić information content (AvgIpc) is 3.06. The fraction of sp³-hybridized carbons (Fsp3) is 0.111. The number of carbonyl (C=O) groups is 2. The third-order valence-corrected chi connectivity index (χ3v) is 3.85. The van der Waals surface area contributed by atoms with Crippen LogP contribution in [0.3, 0.4) is 0 Å². The topological polar surface area (TPSA) is 61.8 Å². The lowest BCUT2D eigenvalue weighted by Gasteiger charge is -2.02. The molecule has 0 N–H and O–H groups in total. The molecule has 1 heterocycles. The maximum Gasteiger partial charge on any atom is 0.331 e. The van der Waals surface area contributed by atoms with Crippen LogP contribution in [0.4, 0.5) is 0 Å². The van der Waals surface area contributed by atoms with Gasteiger partial charge in [0.05, 0.1) is 0 Å². The monoisotopic (exact) mass is 388 g/mol. The highest BCUT2D eigenvalue weighted by atomic mass is 79.9. The molecule has 1 aliphatic rings. The zero-order chi connectivity index (χ0) is 16.9. The molecule has 0 aliphatic carbocycles. The van der Waals surface area contributed by atoms with Gasteiger partial charge in [-0.25, -0.2) is 4.79 Å². The van der Waals surface area contributed by atoms with E-state index in [9.17, 15) is 9.59 Å². The van der Waals surface area contributed by atoms with Crippen molar-refractivity contribution in [3.05, 3.63) is 64.1 Å². The predicted octanol–water partition coefficient (Wildman–Crippen LogP) is 3.62. The normalized spacial score (nSPS) is 12.4. The molecule has 0 bridgehead atoms. The lowest BCUT2D eigenvalue weighted by atomic mass is 10.1. The van der Waals surface area contributed by atoms with Gasteiger partial charge < -0.3 is 14.2 Å². The Morgan fingerprint density at radius 3 is 2.62 bits per heavy atom. The molecule has 0 saturated carbocycles. The number of Topliss-reactive ketones (excluding diaryl/α,β-unsaturated/α-hetero) is 1. The van der Waals surface area contributed by atoms with Crippen LogP contribution in [0, 0.1) is 0 Å². The van der Waals surface area contributed by atoms with Crippen LogP contribution in [-0.4, -0.2) is 25.2 Å². The summed E-state index contributed by atoms with van der Waals surface area (Å²) >= 11 is 3.30. The van der Waals surface area contributed by atoms with Gasteiger partial charge in [-0.2, -0.15) is 0 Å². The fourth-order valence-electron chi connectivity index (χ4n) is 2.08. The first-order valence-corrected chi connectivity index (χ1v) is 7.94. The molecule has 0 unspecified atom stereocenters. The quantitative estimate of drug-likeness (QED) is 0.444. The molecule has 1 aliphatic heterocycles. The SMILES string of the molecule is O=C(/C=C/c1ccc2c(c1)OCO2)OCC(=O)c1ccc(Br)cc1. The van der Waals surface area contributed by atoms with E-state index in [4.69, 9.17) is 14.2 Å².